The molecule has 7 nitrogen and oxygen atoms in total. The molecule has 1 aromatic heterocycles. The molecule has 0 bridgehead atoms. The molecule has 1 N–H and O–H groups in total. The lowest BCUT2D eigenvalue weighted by molar-refractivity contribution is -0.384. The summed E-state index contributed by atoms with van der Waals surface area (Å²) >= 11 is 0. The van der Waals surface area contributed by atoms with Crippen LogP contribution in [0.5, 0.6) is 6.01 Å². The van der Waals surface area contributed by atoms with Crippen LogP contribution in [0, 0.1) is 10.1 Å². The molecule has 17 heavy (non-hydrogen) atoms. The fraction of sp³-hybridized carbons (Fsp3) is 0.600. The van der Waals surface area contributed by atoms with E-state index in [-0.39, 0.29) is 23.6 Å². The summed E-state index contributed by atoms with van der Waals surface area (Å²) in [6, 6.07) is 0.393. The van der Waals surface area contributed by atoms with Gasteiger partial charge in [0.15, 0.2) is 0 Å². The smallest absolute Gasteiger partial charge is 0.329 e. The van der Waals surface area contributed by atoms with E-state index in [2.05, 4.69) is 15.3 Å². The Hall–Kier alpha value is -1.92. The number of rotatable bonds is 4. The number of aromatic nitrogens is 2. The molecule has 1 saturated carbocycles. The van der Waals surface area contributed by atoms with E-state index in [1.54, 1.807) is 0 Å². The van der Waals surface area contributed by atoms with Crippen LogP contribution in [0.15, 0.2) is 6.20 Å². The molecule has 1 aromatic rings. The van der Waals surface area contributed by atoms with E-state index in [9.17, 15) is 10.1 Å². The average molecular weight is 238 g/mol. The van der Waals surface area contributed by atoms with Crippen LogP contribution in [0.2, 0.25) is 0 Å². The summed E-state index contributed by atoms with van der Waals surface area (Å²) in [7, 11) is 1.43. The second-order valence-corrected chi connectivity index (χ2v) is 3.97. The Bertz CT molecular complexity index is 418. The van der Waals surface area contributed by atoms with Crippen molar-refractivity contribution >= 4 is 11.5 Å². The van der Waals surface area contributed by atoms with Crippen LogP contribution < -0.4 is 10.1 Å². The molecule has 0 atom stereocenters. The normalized spacial score (nSPS) is 15.8. The van der Waals surface area contributed by atoms with E-state index in [4.69, 9.17) is 4.74 Å². The number of hydrogen-bond donors (Lipinski definition) is 1. The third-order valence-electron chi connectivity index (χ3n) is 2.82. The summed E-state index contributed by atoms with van der Waals surface area (Å²) in [6.45, 7) is 0. The highest BCUT2D eigenvalue weighted by Gasteiger charge is 2.22. The van der Waals surface area contributed by atoms with E-state index < -0.39 is 4.92 Å². The molecule has 1 aliphatic rings. The van der Waals surface area contributed by atoms with E-state index in [1.165, 1.54) is 13.3 Å². The summed E-state index contributed by atoms with van der Waals surface area (Å²) in [6.07, 6.45) is 5.50. The highest BCUT2D eigenvalue weighted by Crippen LogP contribution is 2.27. The Balaban J connectivity index is 2.24. The number of nitrogens with zero attached hydrogens (tertiary/aromatic N) is 3. The summed E-state index contributed by atoms with van der Waals surface area (Å²) in [4.78, 5) is 18.1. The van der Waals surface area contributed by atoms with Crippen molar-refractivity contribution in [3.05, 3.63) is 16.3 Å². The van der Waals surface area contributed by atoms with Crippen molar-refractivity contribution in [1.29, 1.82) is 0 Å². The standard InChI is InChI=1S/C10H14N4O3/c1-17-10-11-6-8(14(15)16)9(13-10)12-7-4-2-3-5-7/h6-7H,2-5H2,1H3,(H,11,12,13). The first-order valence-corrected chi connectivity index (χ1v) is 5.52. The highest BCUT2D eigenvalue weighted by molar-refractivity contribution is 5.55. The van der Waals surface area contributed by atoms with Crippen molar-refractivity contribution in [2.24, 2.45) is 0 Å². The topological polar surface area (TPSA) is 90.2 Å². The molecular weight excluding hydrogens is 224 g/mol. The maximum atomic E-state index is 10.8. The van der Waals surface area contributed by atoms with E-state index >= 15 is 0 Å². The maximum Gasteiger partial charge on any atom is 0.329 e. The zero-order valence-corrected chi connectivity index (χ0v) is 9.55. The first kappa shape index (κ1) is 11.6. The quantitative estimate of drug-likeness (QED) is 0.634. The summed E-state index contributed by atoms with van der Waals surface area (Å²) in [5.74, 6) is 0.244. The van der Waals surface area contributed by atoms with Gasteiger partial charge in [-0.3, -0.25) is 10.1 Å². The van der Waals surface area contributed by atoms with Crippen molar-refractivity contribution in [2.75, 3.05) is 12.4 Å². The average Bonchev–Trinajstić information content (AvgIpc) is 2.81. The molecule has 0 aliphatic heterocycles. The van der Waals surface area contributed by atoms with E-state index in [0.717, 1.165) is 25.7 Å². The van der Waals surface area contributed by atoms with Crippen LogP contribution >= 0.6 is 0 Å². The van der Waals surface area contributed by atoms with E-state index in [0.29, 0.717) is 0 Å². The number of nitrogens with one attached hydrogen (secondary N) is 1. The van der Waals surface area contributed by atoms with Gasteiger partial charge in [-0.15, -0.1) is 0 Å². The predicted molar refractivity (Wildman–Crippen MR) is 61.1 cm³/mol. The molecule has 0 radical (unpaired) electrons. The molecule has 0 unspecified atom stereocenters. The van der Waals surface area contributed by atoms with Gasteiger partial charge in [-0.25, -0.2) is 0 Å². The molecule has 2 rings (SSSR count). The Morgan fingerprint density at radius 1 is 1.53 bits per heavy atom. The Morgan fingerprint density at radius 3 is 2.82 bits per heavy atom. The van der Waals surface area contributed by atoms with Crippen molar-refractivity contribution in [3.63, 3.8) is 0 Å². The number of ether oxygens (including phenoxy) is 1. The lowest BCUT2D eigenvalue weighted by Gasteiger charge is -2.12. The molecule has 92 valence electrons. The molecule has 0 aromatic carbocycles. The van der Waals surface area contributed by atoms with Gasteiger partial charge < -0.3 is 10.1 Å². The van der Waals surface area contributed by atoms with E-state index in [1.807, 2.05) is 0 Å². The third-order valence-corrected chi connectivity index (χ3v) is 2.82. The molecule has 0 spiro atoms. The highest BCUT2D eigenvalue weighted by atomic mass is 16.6. The summed E-state index contributed by atoms with van der Waals surface area (Å²) < 4.78 is 4.87. The van der Waals surface area contributed by atoms with Crippen LogP contribution in [0.25, 0.3) is 0 Å². The second-order valence-electron chi connectivity index (χ2n) is 3.97. The van der Waals surface area contributed by atoms with Crippen LogP contribution in [-0.2, 0) is 0 Å². The number of nitro groups is 1. The first-order chi connectivity index (χ1) is 8.20. The van der Waals surface area contributed by atoms with Gasteiger partial charge in [-0.2, -0.15) is 9.97 Å². The lowest BCUT2D eigenvalue weighted by atomic mass is 10.2. The molecular formula is C10H14N4O3. The minimum atomic E-state index is -0.489. The van der Waals surface area contributed by atoms with Crippen molar-refractivity contribution < 1.29 is 9.66 Å². The molecule has 1 fully saturated rings. The van der Waals surface area contributed by atoms with Gasteiger partial charge >= 0.3 is 11.7 Å². The van der Waals surface area contributed by atoms with Crippen molar-refractivity contribution in [2.45, 2.75) is 31.7 Å². The van der Waals surface area contributed by atoms with Gasteiger partial charge in [0.05, 0.1) is 12.0 Å². The minimum absolute atomic E-state index is 0.113. The molecule has 0 saturated heterocycles. The largest absolute Gasteiger partial charge is 0.467 e. The third kappa shape index (κ3) is 2.61. The lowest BCUT2D eigenvalue weighted by Crippen LogP contribution is -2.17. The zero-order chi connectivity index (χ0) is 12.3. The van der Waals surface area contributed by atoms with Crippen LogP contribution in [0.3, 0.4) is 0 Å². The minimum Gasteiger partial charge on any atom is -0.467 e. The molecule has 1 heterocycles. The van der Waals surface area contributed by atoms with Gasteiger partial charge in [0.25, 0.3) is 0 Å². The molecule has 7 heteroatoms. The predicted octanol–water partition coefficient (Wildman–Crippen LogP) is 1.75. The van der Waals surface area contributed by atoms with Crippen LogP contribution in [0.4, 0.5) is 11.5 Å². The van der Waals surface area contributed by atoms with Gasteiger partial charge in [0.2, 0.25) is 5.82 Å². The fourth-order valence-corrected chi connectivity index (χ4v) is 1.96. The van der Waals surface area contributed by atoms with Gasteiger partial charge in [0, 0.05) is 6.04 Å². The monoisotopic (exact) mass is 238 g/mol. The van der Waals surface area contributed by atoms with Crippen LogP contribution in [-0.4, -0.2) is 28.0 Å². The van der Waals surface area contributed by atoms with Gasteiger partial charge in [0.1, 0.15) is 6.20 Å². The molecule has 0 amide bonds. The van der Waals surface area contributed by atoms with Gasteiger partial charge in [-0.1, -0.05) is 12.8 Å². The van der Waals surface area contributed by atoms with Crippen LogP contribution in [0.1, 0.15) is 25.7 Å². The fourth-order valence-electron chi connectivity index (χ4n) is 1.96. The number of hydrogen-bond acceptors (Lipinski definition) is 6. The maximum absolute atomic E-state index is 10.8. The summed E-state index contributed by atoms with van der Waals surface area (Å²) in [5.41, 5.74) is -0.113. The SMILES string of the molecule is COc1ncc([N+](=O)[O-])c(NC2CCCC2)n1. The second kappa shape index (κ2) is 4.94. The Morgan fingerprint density at radius 2 is 2.24 bits per heavy atom. The zero-order valence-electron chi connectivity index (χ0n) is 9.55. The van der Waals surface area contributed by atoms with Crippen molar-refractivity contribution in [1.82, 2.24) is 9.97 Å². The summed E-state index contributed by atoms with van der Waals surface area (Å²) in [5, 5.41) is 13.9. The Labute approximate surface area is 98.4 Å². The first-order valence-electron chi connectivity index (χ1n) is 5.52. The molecule has 1 aliphatic carbocycles. The number of methoxy groups -OCH3 is 1. The van der Waals surface area contributed by atoms with Gasteiger partial charge in [-0.05, 0) is 12.8 Å². The Kier molecular flexibility index (Phi) is 3.36. The number of anilines is 1. The van der Waals surface area contributed by atoms with Crippen molar-refractivity contribution in [3.8, 4) is 6.01 Å².